The summed E-state index contributed by atoms with van der Waals surface area (Å²) < 4.78 is 0. The largest absolute Gasteiger partial charge is 0.355 e. The summed E-state index contributed by atoms with van der Waals surface area (Å²) in [5.74, 6) is 0.196. The fraction of sp³-hybridized carbons (Fsp3) is 0.467. The minimum absolute atomic E-state index is 0.0191. The Kier molecular flexibility index (Phi) is 6.06. The second-order valence-corrected chi connectivity index (χ2v) is 5.03. The summed E-state index contributed by atoms with van der Waals surface area (Å²) in [7, 11) is 0. The summed E-state index contributed by atoms with van der Waals surface area (Å²) in [6, 6.07) is 7.31. The van der Waals surface area contributed by atoms with Gasteiger partial charge in [0.15, 0.2) is 0 Å². The van der Waals surface area contributed by atoms with Crippen LogP contribution in [0.25, 0.3) is 0 Å². The molecule has 2 N–H and O–H groups in total. The highest BCUT2D eigenvalue weighted by molar-refractivity contribution is 5.97. The Morgan fingerprint density at radius 3 is 2.47 bits per heavy atom. The van der Waals surface area contributed by atoms with Crippen LogP contribution < -0.4 is 10.6 Å². The van der Waals surface area contributed by atoms with Gasteiger partial charge in [-0.1, -0.05) is 32.0 Å². The van der Waals surface area contributed by atoms with Crippen LogP contribution >= 0.6 is 0 Å². The normalized spacial score (nSPS) is 10.3. The van der Waals surface area contributed by atoms with Crippen molar-refractivity contribution in [3.05, 3.63) is 35.4 Å². The van der Waals surface area contributed by atoms with E-state index >= 15 is 0 Å². The molecule has 0 atom stereocenters. The van der Waals surface area contributed by atoms with Crippen LogP contribution in [0.1, 0.15) is 36.2 Å². The molecule has 0 bridgehead atoms. The van der Waals surface area contributed by atoms with Gasteiger partial charge in [0.25, 0.3) is 5.91 Å². The molecule has 1 rings (SSSR count). The van der Waals surface area contributed by atoms with Crippen molar-refractivity contribution in [2.45, 2.75) is 27.2 Å². The van der Waals surface area contributed by atoms with E-state index in [-0.39, 0.29) is 18.4 Å². The molecule has 104 valence electrons. The molecule has 0 heterocycles. The minimum atomic E-state index is -0.211. The van der Waals surface area contributed by atoms with Crippen LogP contribution in [0.4, 0.5) is 0 Å². The fourth-order valence-corrected chi connectivity index (χ4v) is 1.65. The standard InChI is InChI=1S/C15H22N2O2/c1-11(2)8-9-16-14(18)10-17-15(19)13-7-5-4-6-12(13)3/h4-7,11H,8-10H2,1-3H3,(H,16,18)(H,17,19). The number of hydrogen-bond acceptors (Lipinski definition) is 2. The number of carbonyl (C=O) groups is 2. The summed E-state index contributed by atoms with van der Waals surface area (Å²) in [5.41, 5.74) is 1.51. The molecule has 1 aromatic rings. The van der Waals surface area contributed by atoms with Gasteiger partial charge in [-0.05, 0) is 30.9 Å². The first-order valence-corrected chi connectivity index (χ1v) is 6.61. The van der Waals surface area contributed by atoms with Gasteiger partial charge in [-0.3, -0.25) is 9.59 Å². The zero-order valence-electron chi connectivity index (χ0n) is 11.8. The predicted octanol–water partition coefficient (Wildman–Crippen LogP) is 1.89. The molecule has 19 heavy (non-hydrogen) atoms. The maximum atomic E-state index is 11.9. The average Bonchev–Trinajstić information content (AvgIpc) is 2.36. The number of carbonyl (C=O) groups excluding carboxylic acids is 2. The van der Waals surface area contributed by atoms with Gasteiger partial charge in [0.1, 0.15) is 0 Å². The van der Waals surface area contributed by atoms with E-state index in [0.29, 0.717) is 18.0 Å². The van der Waals surface area contributed by atoms with Crippen molar-refractivity contribution in [2.75, 3.05) is 13.1 Å². The molecule has 0 aliphatic carbocycles. The molecule has 0 aromatic heterocycles. The molecule has 0 spiro atoms. The van der Waals surface area contributed by atoms with E-state index < -0.39 is 0 Å². The van der Waals surface area contributed by atoms with Gasteiger partial charge in [-0.15, -0.1) is 0 Å². The highest BCUT2D eigenvalue weighted by Gasteiger charge is 2.09. The topological polar surface area (TPSA) is 58.2 Å². The fourth-order valence-electron chi connectivity index (χ4n) is 1.65. The van der Waals surface area contributed by atoms with Crippen molar-refractivity contribution in [1.82, 2.24) is 10.6 Å². The predicted molar refractivity (Wildman–Crippen MR) is 76.0 cm³/mol. The van der Waals surface area contributed by atoms with Crippen LogP contribution in [0, 0.1) is 12.8 Å². The summed E-state index contributed by atoms with van der Waals surface area (Å²) in [5, 5.41) is 5.41. The van der Waals surface area contributed by atoms with Crippen LogP contribution in [0.5, 0.6) is 0 Å². The Labute approximate surface area is 114 Å². The summed E-state index contributed by atoms with van der Waals surface area (Å²) in [6.45, 7) is 6.75. The molecular formula is C15H22N2O2. The van der Waals surface area contributed by atoms with Crippen molar-refractivity contribution in [3.8, 4) is 0 Å². The van der Waals surface area contributed by atoms with Gasteiger partial charge in [-0.2, -0.15) is 0 Å². The van der Waals surface area contributed by atoms with E-state index in [1.807, 2.05) is 25.1 Å². The zero-order valence-corrected chi connectivity index (χ0v) is 11.8. The lowest BCUT2D eigenvalue weighted by Gasteiger charge is -2.09. The van der Waals surface area contributed by atoms with Gasteiger partial charge in [-0.25, -0.2) is 0 Å². The Hall–Kier alpha value is -1.84. The van der Waals surface area contributed by atoms with Gasteiger partial charge in [0, 0.05) is 12.1 Å². The third-order valence-corrected chi connectivity index (χ3v) is 2.84. The maximum Gasteiger partial charge on any atom is 0.251 e. The third kappa shape index (κ3) is 5.55. The Bertz CT molecular complexity index is 442. The van der Waals surface area contributed by atoms with Crippen molar-refractivity contribution >= 4 is 11.8 Å². The SMILES string of the molecule is Cc1ccccc1C(=O)NCC(=O)NCCC(C)C. The van der Waals surface area contributed by atoms with Gasteiger partial charge in [0.05, 0.1) is 6.54 Å². The number of hydrogen-bond donors (Lipinski definition) is 2. The Morgan fingerprint density at radius 1 is 1.16 bits per heavy atom. The van der Waals surface area contributed by atoms with Crippen LogP contribution in [0.3, 0.4) is 0 Å². The van der Waals surface area contributed by atoms with E-state index in [9.17, 15) is 9.59 Å². The summed E-state index contributed by atoms with van der Waals surface area (Å²) >= 11 is 0. The first kappa shape index (κ1) is 15.2. The van der Waals surface area contributed by atoms with E-state index in [4.69, 9.17) is 0 Å². The van der Waals surface area contributed by atoms with Crippen LogP contribution in [0.15, 0.2) is 24.3 Å². The third-order valence-electron chi connectivity index (χ3n) is 2.84. The van der Waals surface area contributed by atoms with Gasteiger partial charge < -0.3 is 10.6 Å². The molecule has 0 saturated heterocycles. The quantitative estimate of drug-likeness (QED) is 0.822. The smallest absolute Gasteiger partial charge is 0.251 e. The van der Waals surface area contributed by atoms with Crippen molar-refractivity contribution in [3.63, 3.8) is 0 Å². The maximum absolute atomic E-state index is 11.9. The summed E-state index contributed by atoms with van der Waals surface area (Å²) in [4.78, 5) is 23.4. The van der Waals surface area contributed by atoms with E-state index in [2.05, 4.69) is 24.5 Å². The highest BCUT2D eigenvalue weighted by atomic mass is 16.2. The molecule has 4 nitrogen and oxygen atoms in total. The van der Waals surface area contributed by atoms with Gasteiger partial charge in [0.2, 0.25) is 5.91 Å². The molecule has 0 unspecified atom stereocenters. The zero-order chi connectivity index (χ0) is 14.3. The first-order valence-electron chi connectivity index (χ1n) is 6.61. The molecule has 0 aliphatic rings. The molecule has 0 radical (unpaired) electrons. The van der Waals surface area contributed by atoms with Gasteiger partial charge >= 0.3 is 0 Å². The molecule has 0 fully saturated rings. The van der Waals surface area contributed by atoms with E-state index in [0.717, 1.165) is 12.0 Å². The lowest BCUT2D eigenvalue weighted by atomic mass is 10.1. The number of nitrogens with one attached hydrogen (secondary N) is 2. The van der Waals surface area contributed by atoms with Crippen molar-refractivity contribution in [1.29, 1.82) is 0 Å². The molecule has 1 aromatic carbocycles. The summed E-state index contributed by atoms with van der Waals surface area (Å²) in [6.07, 6.45) is 0.942. The average molecular weight is 262 g/mol. The monoisotopic (exact) mass is 262 g/mol. The van der Waals surface area contributed by atoms with E-state index in [1.54, 1.807) is 6.07 Å². The molecule has 4 heteroatoms. The highest BCUT2D eigenvalue weighted by Crippen LogP contribution is 2.06. The van der Waals surface area contributed by atoms with Crippen molar-refractivity contribution < 1.29 is 9.59 Å². The number of amides is 2. The Morgan fingerprint density at radius 2 is 1.84 bits per heavy atom. The minimum Gasteiger partial charge on any atom is -0.355 e. The number of benzene rings is 1. The lowest BCUT2D eigenvalue weighted by Crippen LogP contribution is -2.37. The van der Waals surface area contributed by atoms with E-state index in [1.165, 1.54) is 0 Å². The molecular weight excluding hydrogens is 240 g/mol. The second kappa shape index (κ2) is 7.56. The second-order valence-electron chi connectivity index (χ2n) is 5.03. The molecule has 0 saturated carbocycles. The van der Waals surface area contributed by atoms with Crippen LogP contribution in [-0.4, -0.2) is 24.9 Å². The van der Waals surface area contributed by atoms with Crippen LogP contribution in [-0.2, 0) is 4.79 Å². The molecule has 0 aliphatic heterocycles. The molecule has 2 amide bonds. The lowest BCUT2D eigenvalue weighted by molar-refractivity contribution is -0.120. The Balaban J connectivity index is 2.34. The number of rotatable bonds is 6. The first-order chi connectivity index (χ1) is 9.00. The van der Waals surface area contributed by atoms with Crippen molar-refractivity contribution in [2.24, 2.45) is 5.92 Å². The van der Waals surface area contributed by atoms with Crippen LogP contribution in [0.2, 0.25) is 0 Å². The number of aryl methyl sites for hydroxylation is 1.